The van der Waals surface area contributed by atoms with Gasteiger partial charge in [0.15, 0.2) is 0 Å². The molecule has 0 bridgehead atoms. The summed E-state index contributed by atoms with van der Waals surface area (Å²) in [5.41, 5.74) is 2.84. The van der Waals surface area contributed by atoms with Crippen molar-refractivity contribution < 1.29 is 13.2 Å². The van der Waals surface area contributed by atoms with Crippen LogP contribution >= 0.6 is 0 Å². The fraction of sp³-hybridized carbons (Fsp3) is 0.350. The molecular formula is C20H26N2O3S. The molecule has 1 atom stereocenters. The summed E-state index contributed by atoms with van der Waals surface area (Å²) in [5, 5.41) is 2.92. The van der Waals surface area contributed by atoms with Gasteiger partial charge in [-0.1, -0.05) is 57.2 Å². The van der Waals surface area contributed by atoms with Crippen LogP contribution in [0, 0.1) is 0 Å². The van der Waals surface area contributed by atoms with Gasteiger partial charge < -0.3 is 5.32 Å². The van der Waals surface area contributed by atoms with E-state index in [0.717, 1.165) is 11.8 Å². The number of anilines is 1. The molecule has 2 N–H and O–H groups in total. The van der Waals surface area contributed by atoms with Gasteiger partial charge in [0.2, 0.25) is 10.0 Å². The third-order valence-electron chi connectivity index (χ3n) is 4.09. The van der Waals surface area contributed by atoms with E-state index in [4.69, 9.17) is 0 Å². The van der Waals surface area contributed by atoms with Crippen molar-refractivity contribution in [2.75, 3.05) is 11.0 Å². The van der Waals surface area contributed by atoms with Gasteiger partial charge in [-0.25, -0.2) is 8.42 Å². The van der Waals surface area contributed by atoms with Crippen LogP contribution in [0.1, 0.15) is 55.2 Å². The lowest BCUT2D eigenvalue weighted by Gasteiger charge is -2.21. The fourth-order valence-electron chi connectivity index (χ4n) is 2.60. The van der Waals surface area contributed by atoms with Gasteiger partial charge in [0.1, 0.15) is 0 Å². The Kier molecular flexibility index (Phi) is 5.76. The zero-order valence-electron chi connectivity index (χ0n) is 15.8. The molecule has 0 saturated heterocycles. The van der Waals surface area contributed by atoms with Crippen molar-refractivity contribution >= 4 is 21.6 Å². The molecular weight excluding hydrogens is 348 g/mol. The summed E-state index contributed by atoms with van der Waals surface area (Å²) in [5.74, 6) is -0.329. The van der Waals surface area contributed by atoms with Gasteiger partial charge in [-0.2, -0.15) is 0 Å². The molecule has 0 spiro atoms. The highest BCUT2D eigenvalue weighted by molar-refractivity contribution is 7.92. The Balaban J connectivity index is 2.17. The minimum Gasteiger partial charge on any atom is -0.345 e. The Bertz CT molecular complexity index is 882. The van der Waals surface area contributed by atoms with E-state index in [1.807, 2.05) is 19.1 Å². The Morgan fingerprint density at radius 1 is 1.00 bits per heavy atom. The zero-order valence-corrected chi connectivity index (χ0v) is 16.6. The van der Waals surface area contributed by atoms with Crippen molar-refractivity contribution in [3.05, 3.63) is 65.2 Å². The molecule has 0 aliphatic heterocycles. The normalized spacial score (nSPS) is 13.1. The van der Waals surface area contributed by atoms with Crippen LogP contribution in [0.15, 0.2) is 48.5 Å². The predicted molar refractivity (Wildman–Crippen MR) is 106 cm³/mol. The van der Waals surface area contributed by atoms with Crippen LogP contribution in [-0.2, 0) is 15.4 Å². The summed E-state index contributed by atoms with van der Waals surface area (Å²) in [6.07, 6.45) is 1.06. The van der Waals surface area contributed by atoms with E-state index in [9.17, 15) is 13.2 Å². The van der Waals surface area contributed by atoms with Crippen molar-refractivity contribution in [3.63, 3.8) is 0 Å². The summed E-state index contributed by atoms with van der Waals surface area (Å²) in [7, 11) is -3.46. The minimum atomic E-state index is -3.46. The van der Waals surface area contributed by atoms with Crippen molar-refractivity contribution in [2.24, 2.45) is 0 Å². The van der Waals surface area contributed by atoms with Gasteiger partial charge in [-0.15, -0.1) is 0 Å². The molecule has 0 unspecified atom stereocenters. The Morgan fingerprint density at radius 3 is 2.12 bits per heavy atom. The molecule has 5 nitrogen and oxygen atoms in total. The van der Waals surface area contributed by atoms with Crippen LogP contribution in [0.2, 0.25) is 0 Å². The van der Waals surface area contributed by atoms with E-state index in [1.165, 1.54) is 5.56 Å². The van der Waals surface area contributed by atoms with Gasteiger partial charge in [0.25, 0.3) is 5.91 Å². The van der Waals surface area contributed by atoms with E-state index < -0.39 is 10.0 Å². The lowest BCUT2D eigenvalue weighted by atomic mass is 9.86. The number of benzene rings is 2. The molecule has 2 aromatic rings. The first-order valence-corrected chi connectivity index (χ1v) is 10.3. The van der Waals surface area contributed by atoms with Crippen LogP contribution in [0.25, 0.3) is 0 Å². The van der Waals surface area contributed by atoms with Crippen molar-refractivity contribution in [1.29, 1.82) is 0 Å². The number of carbonyl (C=O) groups is 1. The summed E-state index contributed by atoms with van der Waals surface area (Å²) in [4.78, 5) is 12.6. The lowest BCUT2D eigenvalue weighted by Crippen LogP contribution is -2.28. The molecule has 0 radical (unpaired) electrons. The molecule has 0 aliphatic carbocycles. The molecule has 2 rings (SSSR count). The fourth-order valence-corrected chi connectivity index (χ4v) is 3.18. The summed E-state index contributed by atoms with van der Waals surface area (Å²) >= 11 is 0. The van der Waals surface area contributed by atoms with E-state index in [0.29, 0.717) is 0 Å². The van der Waals surface area contributed by atoms with Gasteiger partial charge >= 0.3 is 0 Å². The third kappa shape index (κ3) is 5.33. The maximum atomic E-state index is 12.6. The monoisotopic (exact) mass is 374 g/mol. The van der Waals surface area contributed by atoms with Gasteiger partial charge in [-0.3, -0.25) is 9.52 Å². The number of para-hydroxylation sites is 1. The van der Waals surface area contributed by atoms with Crippen LogP contribution in [0.3, 0.4) is 0 Å². The first kappa shape index (κ1) is 20.0. The maximum absolute atomic E-state index is 12.6. The van der Waals surface area contributed by atoms with Gasteiger partial charge in [-0.05, 0) is 35.6 Å². The highest BCUT2D eigenvalue weighted by Gasteiger charge is 2.18. The minimum absolute atomic E-state index is 0.0707. The third-order valence-corrected chi connectivity index (χ3v) is 4.68. The number of sulfonamides is 1. The van der Waals surface area contributed by atoms with Crippen molar-refractivity contribution in [1.82, 2.24) is 5.32 Å². The van der Waals surface area contributed by atoms with E-state index in [1.54, 1.807) is 24.3 Å². The van der Waals surface area contributed by atoms with Crippen molar-refractivity contribution in [2.45, 2.75) is 39.2 Å². The number of amides is 1. The van der Waals surface area contributed by atoms with Crippen LogP contribution < -0.4 is 10.0 Å². The second-order valence-corrected chi connectivity index (χ2v) is 9.24. The number of hydrogen-bond acceptors (Lipinski definition) is 3. The highest BCUT2D eigenvalue weighted by Crippen LogP contribution is 2.24. The largest absolute Gasteiger partial charge is 0.345 e. The molecule has 0 aliphatic rings. The van der Waals surface area contributed by atoms with Crippen LogP contribution in [0.5, 0.6) is 0 Å². The molecule has 140 valence electrons. The highest BCUT2D eigenvalue weighted by atomic mass is 32.2. The van der Waals surface area contributed by atoms with Gasteiger partial charge in [0.05, 0.1) is 23.5 Å². The molecule has 0 saturated carbocycles. The van der Waals surface area contributed by atoms with Gasteiger partial charge in [0, 0.05) is 0 Å². The Hall–Kier alpha value is -2.34. The standard InChI is InChI=1S/C20H26N2O3S/c1-14(15-10-12-16(13-11-15)20(2,3)4)21-19(23)17-8-6-7-9-18(17)22-26(5,24)25/h6-14,22H,1-5H3,(H,21,23)/t14-/m1/s1. The number of rotatable bonds is 5. The van der Waals surface area contributed by atoms with E-state index in [2.05, 4.69) is 42.9 Å². The summed E-state index contributed by atoms with van der Waals surface area (Å²) in [6, 6.07) is 14.5. The van der Waals surface area contributed by atoms with Crippen molar-refractivity contribution in [3.8, 4) is 0 Å². The number of carbonyl (C=O) groups excluding carboxylic acids is 1. The van der Waals surface area contributed by atoms with E-state index in [-0.39, 0.29) is 28.6 Å². The lowest BCUT2D eigenvalue weighted by molar-refractivity contribution is 0.0941. The summed E-state index contributed by atoms with van der Waals surface area (Å²) in [6.45, 7) is 8.35. The zero-order chi connectivity index (χ0) is 19.5. The van der Waals surface area contributed by atoms with E-state index >= 15 is 0 Å². The maximum Gasteiger partial charge on any atom is 0.253 e. The van der Waals surface area contributed by atoms with Crippen LogP contribution in [0.4, 0.5) is 5.69 Å². The molecule has 2 aromatic carbocycles. The quantitative estimate of drug-likeness (QED) is 0.835. The topological polar surface area (TPSA) is 75.3 Å². The first-order chi connectivity index (χ1) is 12.0. The van der Waals surface area contributed by atoms with Crippen LogP contribution in [-0.4, -0.2) is 20.6 Å². The SMILES string of the molecule is C[C@@H](NC(=O)c1ccccc1NS(C)(=O)=O)c1ccc(C(C)(C)C)cc1. The smallest absolute Gasteiger partial charge is 0.253 e. The second-order valence-electron chi connectivity index (χ2n) is 7.49. The summed E-state index contributed by atoms with van der Waals surface area (Å²) < 4.78 is 25.4. The molecule has 0 aromatic heterocycles. The molecule has 6 heteroatoms. The Morgan fingerprint density at radius 2 is 1.58 bits per heavy atom. The second kappa shape index (κ2) is 7.50. The Labute approximate surface area is 155 Å². The first-order valence-electron chi connectivity index (χ1n) is 8.45. The number of hydrogen-bond donors (Lipinski definition) is 2. The average molecular weight is 375 g/mol. The molecule has 0 fully saturated rings. The molecule has 1 amide bonds. The molecule has 0 heterocycles. The molecule has 26 heavy (non-hydrogen) atoms. The number of nitrogens with one attached hydrogen (secondary N) is 2. The predicted octanol–water partition coefficient (Wildman–Crippen LogP) is 3.85. The average Bonchev–Trinajstić information content (AvgIpc) is 2.53.